The number of hydrogen-bond acceptors (Lipinski definition) is 5. The molecule has 2 aromatic carbocycles. The number of esters is 1. The number of benzene rings is 2. The Morgan fingerprint density at radius 1 is 1.11 bits per heavy atom. The predicted molar refractivity (Wildman–Crippen MR) is 107 cm³/mol. The first-order valence-electron chi connectivity index (χ1n) is 8.79. The Hall–Kier alpha value is -2.87. The molecule has 0 saturated carbocycles. The Morgan fingerprint density at radius 2 is 1.75 bits per heavy atom. The molecular formula is C20H22N2O5S. The van der Waals surface area contributed by atoms with E-state index in [1.54, 1.807) is 29.2 Å². The van der Waals surface area contributed by atoms with Crippen LogP contribution in [0.15, 0.2) is 48.5 Å². The normalized spacial score (nSPS) is 18.9. The second-order valence-corrected chi connectivity index (χ2v) is 8.59. The van der Waals surface area contributed by atoms with Crippen LogP contribution < -0.4 is 9.62 Å². The van der Waals surface area contributed by atoms with Crippen molar-refractivity contribution in [3.05, 3.63) is 59.7 Å². The second kappa shape index (κ2) is 7.63. The average Bonchev–Trinajstić information content (AvgIpc) is 2.65. The molecule has 2 aromatic rings. The van der Waals surface area contributed by atoms with Crippen molar-refractivity contribution in [1.82, 2.24) is 0 Å². The summed E-state index contributed by atoms with van der Waals surface area (Å²) < 4.78 is 30.0. The van der Waals surface area contributed by atoms with E-state index < -0.39 is 15.9 Å². The molecule has 0 fully saturated rings. The predicted octanol–water partition coefficient (Wildman–Crippen LogP) is 2.75. The molecule has 2 unspecified atom stereocenters. The lowest BCUT2D eigenvalue weighted by molar-refractivity contribution is -0.142. The van der Waals surface area contributed by atoms with Crippen LogP contribution in [0.3, 0.4) is 0 Å². The van der Waals surface area contributed by atoms with Crippen LogP contribution in [0.25, 0.3) is 0 Å². The summed E-state index contributed by atoms with van der Waals surface area (Å²) in [5.74, 6) is -0.946. The number of nitrogens with one attached hydrogen (secondary N) is 1. The van der Waals surface area contributed by atoms with Crippen molar-refractivity contribution in [2.75, 3.05) is 23.0 Å². The van der Waals surface area contributed by atoms with Crippen molar-refractivity contribution >= 4 is 33.3 Å². The minimum atomic E-state index is -3.39. The molecule has 0 aromatic heterocycles. The minimum absolute atomic E-state index is 0.208. The number of carbonyl (C=O) groups excluding carboxylic acids is 2. The maximum atomic E-state index is 13.2. The fraction of sp³-hybridized carbons (Fsp3) is 0.300. The van der Waals surface area contributed by atoms with E-state index in [9.17, 15) is 18.0 Å². The summed E-state index contributed by atoms with van der Waals surface area (Å²) in [5.41, 5.74) is 2.25. The zero-order valence-corrected chi connectivity index (χ0v) is 16.7. The minimum Gasteiger partial charge on any atom is -0.469 e. The molecule has 2 atom stereocenters. The molecular weight excluding hydrogens is 380 g/mol. The molecule has 7 nitrogen and oxygen atoms in total. The van der Waals surface area contributed by atoms with Gasteiger partial charge >= 0.3 is 5.97 Å². The lowest BCUT2D eigenvalue weighted by Crippen LogP contribution is -2.44. The molecule has 0 saturated heterocycles. The third kappa shape index (κ3) is 4.01. The highest BCUT2D eigenvalue weighted by Gasteiger charge is 2.37. The molecule has 1 heterocycles. The molecule has 3 rings (SSSR count). The molecule has 0 bridgehead atoms. The first-order valence-corrected chi connectivity index (χ1v) is 10.7. The lowest BCUT2D eigenvalue weighted by Gasteiger charge is -2.38. The number of amides is 1. The van der Waals surface area contributed by atoms with E-state index in [1.807, 2.05) is 31.2 Å². The largest absolute Gasteiger partial charge is 0.469 e. The third-order valence-corrected chi connectivity index (χ3v) is 5.34. The number of nitrogens with zero attached hydrogens (tertiary/aromatic N) is 1. The Labute approximate surface area is 164 Å². The molecule has 0 radical (unpaired) electrons. The van der Waals surface area contributed by atoms with Crippen molar-refractivity contribution < 1.29 is 22.7 Å². The van der Waals surface area contributed by atoms with Crippen LogP contribution in [-0.2, 0) is 19.6 Å². The fourth-order valence-corrected chi connectivity index (χ4v) is 4.09. The second-order valence-electron chi connectivity index (χ2n) is 6.85. The Balaban J connectivity index is 1.94. The summed E-state index contributed by atoms with van der Waals surface area (Å²) >= 11 is 0. The fourth-order valence-electron chi connectivity index (χ4n) is 3.52. The summed E-state index contributed by atoms with van der Waals surface area (Å²) in [7, 11) is -2.03. The maximum absolute atomic E-state index is 13.2. The van der Waals surface area contributed by atoms with Gasteiger partial charge < -0.3 is 9.64 Å². The van der Waals surface area contributed by atoms with Crippen LogP contribution in [-0.4, -0.2) is 39.7 Å². The van der Waals surface area contributed by atoms with Crippen LogP contribution in [0.4, 0.5) is 11.4 Å². The molecule has 0 spiro atoms. The lowest BCUT2D eigenvalue weighted by atomic mass is 9.85. The van der Waals surface area contributed by atoms with Crippen molar-refractivity contribution in [3.63, 3.8) is 0 Å². The standard InChI is InChI=1S/C20H22N2O5S/c1-13-12-17(20(24)27-2)16-6-4-5-7-18(16)22(13)19(23)14-8-10-15(11-9-14)21-28(3,25)26/h4-11,13,17,21H,12H2,1-3H3. The van der Waals surface area contributed by atoms with Gasteiger partial charge in [-0.1, -0.05) is 18.2 Å². The number of ether oxygens (including phenoxy) is 1. The molecule has 148 valence electrons. The van der Waals surface area contributed by atoms with Gasteiger partial charge in [-0.25, -0.2) is 8.42 Å². The van der Waals surface area contributed by atoms with E-state index in [0.29, 0.717) is 23.4 Å². The Kier molecular flexibility index (Phi) is 5.42. The Morgan fingerprint density at radius 3 is 2.36 bits per heavy atom. The molecule has 1 N–H and O–H groups in total. The van der Waals surface area contributed by atoms with Crippen molar-refractivity contribution in [2.45, 2.75) is 25.3 Å². The van der Waals surface area contributed by atoms with Crippen LogP contribution >= 0.6 is 0 Å². The number of methoxy groups -OCH3 is 1. The van der Waals surface area contributed by atoms with Gasteiger partial charge in [0, 0.05) is 23.0 Å². The topological polar surface area (TPSA) is 92.8 Å². The van der Waals surface area contributed by atoms with Gasteiger partial charge in [0.15, 0.2) is 0 Å². The summed E-state index contributed by atoms with van der Waals surface area (Å²) in [6.45, 7) is 1.89. The van der Waals surface area contributed by atoms with Gasteiger partial charge in [0.25, 0.3) is 5.91 Å². The third-order valence-electron chi connectivity index (χ3n) is 4.73. The number of carbonyl (C=O) groups is 2. The number of sulfonamides is 1. The highest BCUT2D eigenvalue weighted by molar-refractivity contribution is 7.92. The van der Waals surface area contributed by atoms with Gasteiger partial charge in [0.1, 0.15) is 0 Å². The highest BCUT2D eigenvalue weighted by atomic mass is 32.2. The van der Waals surface area contributed by atoms with Gasteiger partial charge in [0.05, 0.1) is 19.3 Å². The van der Waals surface area contributed by atoms with Gasteiger partial charge in [-0.05, 0) is 49.2 Å². The van der Waals surface area contributed by atoms with E-state index in [2.05, 4.69) is 4.72 Å². The number of para-hydroxylation sites is 1. The van der Waals surface area contributed by atoms with Gasteiger partial charge in [-0.3, -0.25) is 14.3 Å². The first-order chi connectivity index (χ1) is 13.2. The maximum Gasteiger partial charge on any atom is 0.313 e. The molecule has 8 heteroatoms. The van der Waals surface area contributed by atoms with Crippen molar-refractivity contribution in [2.24, 2.45) is 0 Å². The van der Waals surface area contributed by atoms with Crippen molar-refractivity contribution in [1.29, 1.82) is 0 Å². The van der Waals surface area contributed by atoms with Gasteiger partial charge in [0.2, 0.25) is 10.0 Å². The van der Waals surface area contributed by atoms with E-state index in [1.165, 1.54) is 7.11 Å². The summed E-state index contributed by atoms with van der Waals surface area (Å²) in [5, 5.41) is 0. The van der Waals surface area contributed by atoms with E-state index in [4.69, 9.17) is 4.74 Å². The molecule has 28 heavy (non-hydrogen) atoms. The molecule has 0 aliphatic carbocycles. The van der Waals surface area contributed by atoms with Gasteiger partial charge in [-0.15, -0.1) is 0 Å². The SMILES string of the molecule is COC(=O)C1CC(C)N(C(=O)c2ccc(NS(C)(=O)=O)cc2)c2ccccc21. The quantitative estimate of drug-likeness (QED) is 0.794. The summed E-state index contributed by atoms with van der Waals surface area (Å²) in [6, 6.07) is 13.4. The molecule has 1 amide bonds. The number of hydrogen-bond donors (Lipinski definition) is 1. The van der Waals surface area contributed by atoms with Crippen LogP contribution in [0.1, 0.15) is 35.2 Å². The monoisotopic (exact) mass is 402 g/mol. The highest BCUT2D eigenvalue weighted by Crippen LogP contribution is 2.39. The van der Waals surface area contributed by atoms with Crippen LogP contribution in [0.2, 0.25) is 0 Å². The summed E-state index contributed by atoms with van der Waals surface area (Å²) in [4.78, 5) is 27.1. The van der Waals surface area contributed by atoms with Gasteiger partial charge in [-0.2, -0.15) is 0 Å². The van der Waals surface area contributed by atoms with E-state index in [0.717, 1.165) is 11.8 Å². The number of fused-ring (bicyclic) bond motifs is 1. The average molecular weight is 402 g/mol. The van der Waals surface area contributed by atoms with Crippen LogP contribution in [0, 0.1) is 0 Å². The van der Waals surface area contributed by atoms with E-state index >= 15 is 0 Å². The smallest absolute Gasteiger partial charge is 0.313 e. The molecule has 1 aliphatic heterocycles. The first kappa shape index (κ1) is 19.9. The zero-order chi connectivity index (χ0) is 20.5. The van der Waals surface area contributed by atoms with Crippen LogP contribution in [0.5, 0.6) is 0 Å². The Bertz CT molecular complexity index is 1000. The summed E-state index contributed by atoms with van der Waals surface area (Å²) in [6.07, 6.45) is 1.53. The number of rotatable bonds is 4. The van der Waals surface area contributed by atoms with Crippen molar-refractivity contribution in [3.8, 4) is 0 Å². The molecule has 1 aliphatic rings. The zero-order valence-electron chi connectivity index (χ0n) is 15.9. The number of anilines is 2. The van der Waals surface area contributed by atoms with E-state index in [-0.39, 0.29) is 17.9 Å².